The normalized spacial score (nSPS) is 11.8. The molecule has 0 aliphatic carbocycles. The number of ether oxygens (including phenoxy) is 1. The summed E-state index contributed by atoms with van der Waals surface area (Å²) in [5.74, 6) is 0.655. The van der Waals surface area contributed by atoms with E-state index in [1.54, 1.807) is 6.92 Å². The van der Waals surface area contributed by atoms with Crippen LogP contribution in [0, 0.1) is 13.8 Å². The Morgan fingerprint density at radius 3 is 2.52 bits per heavy atom. The van der Waals surface area contributed by atoms with Crippen molar-refractivity contribution < 1.29 is 9.53 Å². The minimum absolute atomic E-state index is 0.0737. The summed E-state index contributed by atoms with van der Waals surface area (Å²) < 4.78 is 5.67. The van der Waals surface area contributed by atoms with Gasteiger partial charge in [-0.25, -0.2) is 0 Å². The molecule has 0 saturated heterocycles. The van der Waals surface area contributed by atoms with E-state index in [2.05, 4.69) is 36.5 Å². The van der Waals surface area contributed by atoms with Crippen molar-refractivity contribution in [3.05, 3.63) is 65.2 Å². The zero-order chi connectivity index (χ0) is 16.7. The lowest BCUT2D eigenvalue weighted by Crippen LogP contribution is -2.36. The summed E-state index contributed by atoms with van der Waals surface area (Å²) in [7, 11) is 0. The van der Waals surface area contributed by atoms with E-state index in [4.69, 9.17) is 4.74 Å². The van der Waals surface area contributed by atoms with Crippen LogP contribution in [0.5, 0.6) is 5.75 Å². The second-order valence-electron chi connectivity index (χ2n) is 5.96. The van der Waals surface area contributed by atoms with Gasteiger partial charge < -0.3 is 10.1 Å². The van der Waals surface area contributed by atoms with Crippen molar-refractivity contribution in [2.75, 3.05) is 6.54 Å². The van der Waals surface area contributed by atoms with Gasteiger partial charge in [0.2, 0.25) is 0 Å². The number of aryl methyl sites for hydroxylation is 3. The van der Waals surface area contributed by atoms with Gasteiger partial charge >= 0.3 is 0 Å². The molecule has 23 heavy (non-hydrogen) atoms. The Hall–Kier alpha value is -2.29. The lowest BCUT2D eigenvalue weighted by atomic mass is 10.1. The van der Waals surface area contributed by atoms with E-state index in [9.17, 15) is 4.79 Å². The molecule has 0 radical (unpaired) electrons. The molecule has 1 amide bonds. The summed E-state index contributed by atoms with van der Waals surface area (Å²) >= 11 is 0. The molecule has 0 fully saturated rings. The zero-order valence-electron chi connectivity index (χ0n) is 14.1. The number of rotatable bonds is 7. The molecule has 0 aliphatic heterocycles. The Morgan fingerprint density at radius 1 is 1.09 bits per heavy atom. The van der Waals surface area contributed by atoms with Gasteiger partial charge in [-0.05, 0) is 56.9 Å². The Morgan fingerprint density at radius 2 is 1.83 bits per heavy atom. The van der Waals surface area contributed by atoms with E-state index in [0.29, 0.717) is 6.54 Å². The SMILES string of the molecule is Cc1ccc(CCCNC(=O)[C@H](C)Oc2cccc(C)c2)cc1. The van der Waals surface area contributed by atoms with Gasteiger partial charge in [-0.3, -0.25) is 4.79 Å². The van der Waals surface area contributed by atoms with Crippen molar-refractivity contribution in [3.63, 3.8) is 0 Å². The van der Waals surface area contributed by atoms with Gasteiger partial charge in [0.1, 0.15) is 5.75 Å². The van der Waals surface area contributed by atoms with Crippen molar-refractivity contribution >= 4 is 5.91 Å². The summed E-state index contributed by atoms with van der Waals surface area (Å²) in [4.78, 5) is 12.1. The highest BCUT2D eigenvalue weighted by molar-refractivity contribution is 5.80. The molecular formula is C20H25NO2. The standard InChI is InChI=1S/C20H25NO2/c1-15-9-11-18(12-10-15)7-5-13-21-20(22)17(3)23-19-8-4-6-16(2)14-19/h4,6,8-12,14,17H,5,7,13H2,1-3H3,(H,21,22)/t17-/m0/s1. The molecule has 0 aliphatic rings. The lowest BCUT2D eigenvalue weighted by Gasteiger charge is -2.15. The Bertz CT molecular complexity index is 634. The summed E-state index contributed by atoms with van der Waals surface area (Å²) in [5, 5.41) is 2.93. The molecule has 3 nitrogen and oxygen atoms in total. The van der Waals surface area contributed by atoms with Gasteiger partial charge in [-0.2, -0.15) is 0 Å². The second kappa shape index (κ2) is 8.37. The molecule has 0 spiro atoms. The molecule has 2 aromatic rings. The minimum Gasteiger partial charge on any atom is -0.481 e. The third-order valence-corrected chi connectivity index (χ3v) is 3.73. The molecule has 2 aromatic carbocycles. The number of carbonyl (C=O) groups is 1. The molecule has 0 saturated carbocycles. The maximum absolute atomic E-state index is 12.1. The summed E-state index contributed by atoms with van der Waals surface area (Å²) in [5.41, 5.74) is 3.69. The predicted molar refractivity (Wildman–Crippen MR) is 93.8 cm³/mol. The van der Waals surface area contributed by atoms with E-state index in [1.165, 1.54) is 11.1 Å². The van der Waals surface area contributed by atoms with Crippen LogP contribution < -0.4 is 10.1 Å². The van der Waals surface area contributed by atoms with Crippen LogP contribution in [0.15, 0.2) is 48.5 Å². The first kappa shape index (κ1) is 17.1. The Labute approximate surface area is 138 Å². The maximum atomic E-state index is 12.1. The summed E-state index contributed by atoms with van der Waals surface area (Å²) in [6.07, 6.45) is 1.40. The van der Waals surface area contributed by atoms with E-state index in [1.807, 2.05) is 31.2 Å². The topological polar surface area (TPSA) is 38.3 Å². The van der Waals surface area contributed by atoms with Crippen LogP contribution in [0.2, 0.25) is 0 Å². The van der Waals surface area contributed by atoms with Crippen LogP contribution in [-0.4, -0.2) is 18.6 Å². The second-order valence-corrected chi connectivity index (χ2v) is 5.96. The molecule has 3 heteroatoms. The number of carbonyl (C=O) groups excluding carboxylic acids is 1. The van der Waals surface area contributed by atoms with Crippen LogP contribution in [0.1, 0.15) is 30.0 Å². The fourth-order valence-electron chi connectivity index (χ4n) is 2.35. The predicted octanol–water partition coefficient (Wildman–Crippen LogP) is 3.82. The monoisotopic (exact) mass is 311 g/mol. The van der Waals surface area contributed by atoms with Gasteiger partial charge in [-0.15, -0.1) is 0 Å². The zero-order valence-corrected chi connectivity index (χ0v) is 14.1. The van der Waals surface area contributed by atoms with Gasteiger partial charge in [0.25, 0.3) is 5.91 Å². The highest BCUT2D eigenvalue weighted by Crippen LogP contribution is 2.14. The first-order valence-electron chi connectivity index (χ1n) is 8.11. The fourth-order valence-corrected chi connectivity index (χ4v) is 2.35. The van der Waals surface area contributed by atoms with Gasteiger partial charge in [-0.1, -0.05) is 42.0 Å². The van der Waals surface area contributed by atoms with Crippen LogP contribution >= 0.6 is 0 Å². The van der Waals surface area contributed by atoms with E-state index in [-0.39, 0.29) is 5.91 Å². The first-order valence-corrected chi connectivity index (χ1v) is 8.11. The molecule has 0 unspecified atom stereocenters. The van der Waals surface area contributed by atoms with Crippen molar-refractivity contribution in [2.24, 2.45) is 0 Å². The maximum Gasteiger partial charge on any atom is 0.260 e. The van der Waals surface area contributed by atoms with Gasteiger partial charge in [0, 0.05) is 6.54 Å². The number of nitrogens with one attached hydrogen (secondary N) is 1. The number of hydrogen-bond donors (Lipinski definition) is 1. The largest absolute Gasteiger partial charge is 0.481 e. The van der Waals surface area contributed by atoms with E-state index >= 15 is 0 Å². The third kappa shape index (κ3) is 5.78. The van der Waals surface area contributed by atoms with Crippen molar-refractivity contribution in [1.29, 1.82) is 0 Å². The first-order chi connectivity index (χ1) is 11.0. The Kier molecular flexibility index (Phi) is 6.21. The van der Waals surface area contributed by atoms with Crippen LogP contribution in [0.4, 0.5) is 0 Å². The molecule has 0 aromatic heterocycles. The fraction of sp³-hybridized carbons (Fsp3) is 0.350. The molecule has 1 N–H and O–H groups in total. The summed E-state index contributed by atoms with van der Waals surface area (Å²) in [6.45, 7) is 6.52. The number of benzene rings is 2. The molecule has 1 atom stereocenters. The number of amides is 1. The molecule has 0 heterocycles. The average molecular weight is 311 g/mol. The van der Waals surface area contributed by atoms with Crippen LogP contribution in [0.25, 0.3) is 0 Å². The van der Waals surface area contributed by atoms with Crippen molar-refractivity contribution in [2.45, 2.75) is 39.7 Å². The smallest absolute Gasteiger partial charge is 0.260 e. The van der Waals surface area contributed by atoms with Gasteiger partial charge in [0.15, 0.2) is 6.10 Å². The summed E-state index contributed by atoms with van der Waals surface area (Å²) in [6, 6.07) is 16.2. The third-order valence-electron chi connectivity index (χ3n) is 3.73. The highest BCUT2D eigenvalue weighted by atomic mass is 16.5. The molecule has 2 rings (SSSR count). The lowest BCUT2D eigenvalue weighted by molar-refractivity contribution is -0.127. The molecule has 122 valence electrons. The van der Waals surface area contributed by atoms with Crippen LogP contribution in [-0.2, 0) is 11.2 Å². The number of hydrogen-bond acceptors (Lipinski definition) is 2. The van der Waals surface area contributed by atoms with Crippen molar-refractivity contribution in [1.82, 2.24) is 5.32 Å². The molecular weight excluding hydrogens is 286 g/mol. The van der Waals surface area contributed by atoms with E-state index in [0.717, 1.165) is 24.2 Å². The van der Waals surface area contributed by atoms with E-state index < -0.39 is 6.10 Å². The quantitative estimate of drug-likeness (QED) is 0.789. The minimum atomic E-state index is -0.490. The highest BCUT2D eigenvalue weighted by Gasteiger charge is 2.13. The van der Waals surface area contributed by atoms with Gasteiger partial charge in [0.05, 0.1) is 0 Å². The van der Waals surface area contributed by atoms with Crippen molar-refractivity contribution in [3.8, 4) is 5.75 Å². The molecule has 0 bridgehead atoms. The Balaban J connectivity index is 1.70. The van der Waals surface area contributed by atoms with Crippen LogP contribution in [0.3, 0.4) is 0 Å². The average Bonchev–Trinajstić information content (AvgIpc) is 2.53.